The third-order valence-electron chi connectivity index (χ3n) is 1.89. The zero-order valence-electron chi connectivity index (χ0n) is 9.68. The van der Waals surface area contributed by atoms with E-state index in [4.69, 9.17) is 10.3 Å². The van der Waals surface area contributed by atoms with Crippen LogP contribution in [0.5, 0.6) is 0 Å². The molecule has 0 fully saturated rings. The third kappa shape index (κ3) is 5.10. The first-order valence-electron chi connectivity index (χ1n) is 4.30. The predicted molar refractivity (Wildman–Crippen MR) is 54.7 cm³/mol. The maximum Gasteiger partial charge on any atom is 1.00 e. The molecule has 0 amide bonds. The summed E-state index contributed by atoms with van der Waals surface area (Å²) in [5.74, 6) is 0. The number of nitrogens with two attached hydrogens (primary N) is 1. The monoisotopic (exact) mass is 239 g/mol. The van der Waals surface area contributed by atoms with E-state index in [1.54, 1.807) is 12.1 Å². The fraction of sp³-hybridized carbons (Fsp3) is 0.333. The molecule has 6 heteroatoms. The van der Waals surface area contributed by atoms with Crippen molar-refractivity contribution in [3.8, 4) is 0 Å². The molecule has 1 rings (SSSR count). The number of rotatable bonds is 4. The summed E-state index contributed by atoms with van der Waals surface area (Å²) in [6.07, 6.45) is 1.69. The maximum absolute atomic E-state index is 10.7. The first-order chi connectivity index (χ1) is 6.54. The topological polar surface area (TPSA) is 80.4 Å². The molecule has 0 saturated heterocycles. The van der Waals surface area contributed by atoms with Crippen LogP contribution in [0.2, 0.25) is 0 Å². The van der Waals surface area contributed by atoms with Gasteiger partial charge >= 0.3 is 29.6 Å². The van der Waals surface area contributed by atoms with Crippen molar-refractivity contribution in [2.45, 2.75) is 17.7 Å². The Kier molecular flexibility index (Phi) is 6.66. The normalized spacial score (nSPS) is 10.8. The van der Waals surface area contributed by atoms with Crippen LogP contribution in [0.15, 0.2) is 29.2 Å². The van der Waals surface area contributed by atoms with Gasteiger partial charge in [-0.2, -0.15) is 8.42 Å². The Balaban J connectivity index is 0. The van der Waals surface area contributed by atoms with E-state index in [2.05, 4.69) is 0 Å². The average molecular weight is 239 g/mol. The Bertz CT molecular complexity index is 394. The second kappa shape index (κ2) is 6.62. The summed E-state index contributed by atoms with van der Waals surface area (Å²) < 4.78 is 30.1. The van der Waals surface area contributed by atoms with Crippen molar-refractivity contribution < 1.29 is 44.0 Å². The summed E-state index contributed by atoms with van der Waals surface area (Å²) in [5, 5.41) is 0. The van der Waals surface area contributed by atoms with E-state index in [0.717, 1.165) is 18.4 Å². The summed E-state index contributed by atoms with van der Waals surface area (Å²) in [4.78, 5) is -0.0750. The molecule has 0 atom stereocenters. The molecule has 0 aliphatic carbocycles. The van der Waals surface area contributed by atoms with E-state index >= 15 is 0 Å². The Morgan fingerprint density at radius 3 is 2.20 bits per heavy atom. The van der Waals surface area contributed by atoms with Gasteiger partial charge in [-0.25, -0.2) is 0 Å². The molecule has 0 spiro atoms. The van der Waals surface area contributed by atoms with Crippen molar-refractivity contribution in [3.05, 3.63) is 29.8 Å². The summed E-state index contributed by atoms with van der Waals surface area (Å²) in [7, 11) is -4.06. The maximum atomic E-state index is 10.7. The quantitative estimate of drug-likeness (QED) is 0.468. The first-order valence-corrected chi connectivity index (χ1v) is 5.74. The van der Waals surface area contributed by atoms with E-state index in [0.29, 0.717) is 6.54 Å². The molecule has 0 aliphatic rings. The van der Waals surface area contributed by atoms with Gasteiger partial charge in [-0.3, -0.25) is 4.55 Å². The van der Waals surface area contributed by atoms with Crippen molar-refractivity contribution in [1.29, 1.82) is 0 Å². The van der Waals surface area contributed by atoms with Crippen molar-refractivity contribution in [2.24, 2.45) is 5.73 Å². The molecule has 3 N–H and O–H groups in total. The number of hydrogen-bond acceptors (Lipinski definition) is 3. The fourth-order valence-electron chi connectivity index (χ4n) is 1.13. The zero-order valence-corrected chi connectivity index (χ0v) is 11.5. The Hall–Kier alpha value is 0.0900. The largest absolute Gasteiger partial charge is 1.00 e. The minimum Gasteiger partial charge on any atom is -1.00 e. The molecule has 15 heavy (non-hydrogen) atoms. The van der Waals surface area contributed by atoms with Crippen LogP contribution < -0.4 is 35.3 Å². The molecular weight excluding hydrogens is 225 g/mol. The Labute approximate surface area is 113 Å². The van der Waals surface area contributed by atoms with Gasteiger partial charge in [-0.15, -0.1) is 0 Å². The van der Waals surface area contributed by atoms with Crippen LogP contribution >= 0.6 is 0 Å². The molecule has 0 aliphatic heterocycles. The molecule has 1 aromatic carbocycles. The number of aryl methyl sites for hydroxylation is 1. The van der Waals surface area contributed by atoms with Crippen LogP contribution in [0.4, 0.5) is 0 Å². The van der Waals surface area contributed by atoms with E-state index in [9.17, 15) is 8.42 Å². The van der Waals surface area contributed by atoms with Gasteiger partial charge in [-0.1, -0.05) is 12.1 Å². The van der Waals surface area contributed by atoms with Crippen LogP contribution in [0, 0.1) is 0 Å². The average Bonchev–Trinajstić information content (AvgIpc) is 2.14. The smallest absolute Gasteiger partial charge is 1.00 e. The van der Waals surface area contributed by atoms with Gasteiger partial charge < -0.3 is 7.16 Å². The predicted octanol–water partition coefficient (Wildman–Crippen LogP) is -2.06. The SMILES string of the molecule is NCCCc1ccc(S(=O)(=O)O)cc1.[H-].[Na+]. The molecule has 0 bridgehead atoms. The molecule has 1 aromatic rings. The standard InChI is InChI=1S/C9H13NO3S.Na.H/c10-7-1-2-8-3-5-9(6-4-8)14(11,12)13;;/h3-6H,1-2,7,10H2,(H,11,12,13);;/q;+1;-1. The molecule has 80 valence electrons. The molecule has 0 aromatic heterocycles. The summed E-state index contributed by atoms with van der Waals surface area (Å²) in [6.45, 7) is 0.611. The summed E-state index contributed by atoms with van der Waals surface area (Å²) >= 11 is 0. The van der Waals surface area contributed by atoms with Crippen LogP contribution in [-0.4, -0.2) is 19.5 Å². The number of benzene rings is 1. The van der Waals surface area contributed by atoms with Gasteiger partial charge in [-0.05, 0) is 37.1 Å². The molecule has 0 saturated carbocycles. The Morgan fingerprint density at radius 2 is 1.80 bits per heavy atom. The zero-order chi connectivity index (χ0) is 10.6. The first kappa shape index (κ1) is 15.1. The molecule has 4 nitrogen and oxygen atoms in total. The van der Waals surface area contributed by atoms with Gasteiger partial charge in [0.2, 0.25) is 0 Å². The van der Waals surface area contributed by atoms with Crippen molar-refractivity contribution in [3.63, 3.8) is 0 Å². The van der Waals surface area contributed by atoms with Crippen molar-refractivity contribution >= 4 is 10.1 Å². The molecular formula is C9H14NNaO3S. The van der Waals surface area contributed by atoms with Gasteiger partial charge in [0.1, 0.15) is 0 Å². The molecule has 0 unspecified atom stereocenters. The van der Waals surface area contributed by atoms with E-state index in [-0.39, 0.29) is 35.9 Å². The van der Waals surface area contributed by atoms with Gasteiger partial charge in [0.05, 0.1) is 4.90 Å². The second-order valence-electron chi connectivity index (χ2n) is 3.01. The molecule has 0 radical (unpaired) electrons. The van der Waals surface area contributed by atoms with Gasteiger partial charge in [0, 0.05) is 0 Å². The van der Waals surface area contributed by atoms with Crippen molar-refractivity contribution in [2.75, 3.05) is 6.54 Å². The van der Waals surface area contributed by atoms with Crippen LogP contribution in [0.25, 0.3) is 0 Å². The Morgan fingerprint density at radius 1 is 1.27 bits per heavy atom. The molecule has 0 heterocycles. The number of hydrogen-bond donors (Lipinski definition) is 2. The fourth-order valence-corrected chi connectivity index (χ4v) is 1.61. The van der Waals surface area contributed by atoms with Crippen LogP contribution in [-0.2, 0) is 16.5 Å². The van der Waals surface area contributed by atoms with Gasteiger partial charge in [0.15, 0.2) is 0 Å². The van der Waals surface area contributed by atoms with Gasteiger partial charge in [0.25, 0.3) is 10.1 Å². The van der Waals surface area contributed by atoms with Crippen LogP contribution in [0.1, 0.15) is 13.4 Å². The van der Waals surface area contributed by atoms with E-state index in [1.165, 1.54) is 12.1 Å². The minimum absolute atomic E-state index is 0. The minimum atomic E-state index is -4.06. The second-order valence-corrected chi connectivity index (χ2v) is 4.43. The van der Waals surface area contributed by atoms with Crippen molar-refractivity contribution in [1.82, 2.24) is 0 Å². The van der Waals surface area contributed by atoms with E-state index in [1.807, 2.05) is 0 Å². The summed E-state index contributed by atoms with van der Waals surface area (Å²) in [6, 6.07) is 6.14. The van der Waals surface area contributed by atoms with Crippen LogP contribution in [0.3, 0.4) is 0 Å². The third-order valence-corrected chi connectivity index (χ3v) is 2.76. The summed E-state index contributed by atoms with van der Waals surface area (Å²) in [5.41, 5.74) is 6.36. The van der Waals surface area contributed by atoms with E-state index < -0.39 is 10.1 Å².